The fraction of sp³-hybridized carbons (Fsp3) is 0.0455. The van der Waals surface area contributed by atoms with Gasteiger partial charge in [-0.25, -0.2) is 0 Å². The predicted molar refractivity (Wildman–Crippen MR) is 117 cm³/mol. The molecule has 0 radical (unpaired) electrons. The third-order valence-corrected chi connectivity index (χ3v) is 6.17. The molecule has 0 aliphatic carbocycles. The Labute approximate surface area is 177 Å². The van der Waals surface area contributed by atoms with Crippen LogP contribution in [-0.4, -0.2) is 5.91 Å². The van der Waals surface area contributed by atoms with Crippen LogP contribution in [0.4, 0.5) is 5.69 Å². The third kappa shape index (κ3) is 3.90. The topological polar surface area (TPSA) is 41.1 Å². The summed E-state index contributed by atoms with van der Waals surface area (Å²) in [5.74, 6) is -0.162. The highest BCUT2D eigenvalue weighted by molar-refractivity contribution is 7.99. The zero-order valence-electron chi connectivity index (χ0n) is 14.8. The number of anilines is 1. The molecule has 0 atom stereocenters. The molecule has 3 aromatic rings. The van der Waals surface area contributed by atoms with Crippen LogP contribution in [0, 0.1) is 0 Å². The zero-order chi connectivity index (χ0) is 19.7. The molecular formula is C22H16Cl2N2OS. The first-order valence-electron chi connectivity index (χ1n) is 8.60. The van der Waals surface area contributed by atoms with Gasteiger partial charge in [-0.05, 0) is 48.0 Å². The SMILES string of the molecule is C=C1Nc2cc(C(=O)NCc3ccccc3Cl)ccc2Sc2ccc(Cl)cc21. The molecule has 140 valence electrons. The first kappa shape index (κ1) is 18.9. The Morgan fingerprint density at radius 3 is 2.64 bits per heavy atom. The lowest BCUT2D eigenvalue weighted by atomic mass is 10.1. The standard InChI is InChI=1S/C22H16Cl2N2OS/c1-13-17-11-16(23)7-9-20(17)28-21-8-6-14(10-19(21)26-13)22(27)25-12-15-4-2-3-5-18(15)24/h2-11,26H,1,12H2,(H,25,27). The van der Waals surface area contributed by atoms with Gasteiger partial charge in [0.25, 0.3) is 5.91 Å². The molecule has 0 saturated heterocycles. The van der Waals surface area contributed by atoms with E-state index in [1.807, 2.05) is 60.7 Å². The third-order valence-electron chi connectivity index (χ3n) is 4.41. The van der Waals surface area contributed by atoms with E-state index in [2.05, 4.69) is 17.2 Å². The number of carbonyl (C=O) groups is 1. The molecule has 0 spiro atoms. The van der Waals surface area contributed by atoms with Crippen LogP contribution in [0.2, 0.25) is 10.0 Å². The monoisotopic (exact) mass is 426 g/mol. The molecule has 3 nitrogen and oxygen atoms in total. The molecule has 28 heavy (non-hydrogen) atoms. The van der Waals surface area contributed by atoms with Crippen molar-refractivity contribution in [1.29, 1.82) is 0 Å². The number of amides is 1. The molecule has 3 aromatic carbocycles. The minimum Gasteiger partial charge on any atom is -0.355 e. The lowest BCUT2D eigenvalue weighted by molar-refractivity contribution is 0.0951. The maximum Gasteiger partial charge on any atom is 0.251 e. The summed E-state index contributed by atoms with van der Waals surface area (Å²) < 4.78 is 0. The highest BCUT2D eigenvalue weighted by Crippen LogP contribution is 2.42. The number of nitrogens with one attached hydrogen (secondary N) is 2. The van der Waals surface area contributed by atoms with Crippen molar-refractivity contribution in [3.63, 3.8) is 0 Å². The number of halogens is 2. The van der Waals surface area contributed by atoms with Gasteiger partial charge in [0.1, 0.15) is 0 Å². The van der Waals surface area contributed by atoms with E-state index in [-0.39, 0.29) is 5.91 Å². The second-order valence-corrected chi connectivity index (χ2v) is 8.26. The average molecular weight is 427 g/mol. The van der Waals surface area contributed by atoms with E-state index in [9.17, 15) is 4.79 Å². The Balaban J connectivity index is 1.55. The van der Waals surface area contributed by atoms with E-state index in [0.717, 1.165) is 32.3 Å². The fourth-order valence-electron chi connectivity index (χ4n) is 2.95. The lowest BCUT2D eigenvalue weighted by Gasteiger charge is -2.11. The van der Waals surface area contributed by atoms with Gasteiger partial charge in [-0.2, -0.15) is 0 Å². The summed E-state index contributed by atoms with van der Waals surface area (Å²) >= 11 is 13.9. The molecule has 4 rings (SSSR count). The van der Waals surface area contributed by atoms with Crippen LogP contribution in [0.25, 0.3) is 5.70 Å². The van der Waals surface area contributed by atoms with Crippen LogP contribution in [-0.2, 0) is 6.54 Å². The van der Waals surface area contributed by atoms with Gasteiger partial charge in [0.2, 0.25) is 0 Å². The molecule has 1 amide bonds. The normalized spacial score (nSPS) is 12.4. The van der Waals surface area contributed by atoms with Crippen LogP contribution in [0.15, 0.2) is 77.0 Å². The predicted octanol–water partition coefficient (Wildman–Crippen LogP) is 6.47. The summed E-state index contributed by atoms with van der Waals surface area (Å²) in [4.78, 5) is 14.7. The van der Waals surface area contributed by atoms with Gasteiger partial charge >= 0.3 is 0 Å². The second-order valence-electron chi connectivity index (χ2n) is 6.33. The first-order valence-corrected chi connectivity index (χ1v) is 10.2. The molecular weight excluding hydrogens is 411 g/mol. The Kier molecular flexibility index (Phi) is 5.36. The molecule has 0 aromatic heterocycles. The molecule has 0 unspecified atom stereocenters. The van der Waals surface area contributed by atoms with Crippen LogP contribution in [0.5, 0.6) is 0 Å². The molecule has 1 aliphatic heterocycles. The Hall–Kier alpha value is -2.40. The van der Waals surface area contributed by atoms with Crippen molar-refractivity contribution >= 4 is 52.3 Å². The van der Waals surface area contributed by atoms with Gasteiger partial charge in [-0.3, -0.25) is 4.79 Å². The largest absolute Gasteiger partial charge is 0.355 e. The van der Waals surface area contributed by atoms with E-state index in [4.69, 9.17) is 23.2 Å². The molecule has 0 fully saturated rings. The summed E-state index contributed by atoms with van der Waals surface area (Å²) in [7, 11) is 0. The summed E-state index contributed by atoms with van der Waals surface area (Å²) in [5, 5.41) is 7.52. The van der Waals surface area contributed by atoms with Crippen LogP contribution >= 0.6 is 35.0 Å². The van der Waals surface area contributed by atoms with Gasteiger partial charge in [0.05, 0.1) is 5.69 Å². The number of hydrogen-bond acceptors (Lipinski definition) is 3. The Morgan fingerprint density at radius 2 is 1.82 bits per heavy atom. The smallest absolute Gasteiger partial charge is 0.251 e. The molecule has 1 heterocycles. The average Bonchev–Trinajstić information content (AvgIpc) is 2.82. The molecule has 1 aliphatic rings. The van der Waals surface area contributed by atoms with Crippen LogP contribution in [0.3, 0.4) is 0 Å². The quantitative estimate of drug-likeness (QED) is 0.503. The van der Waals surface area contributed by atoms with E-state index in [0.29, 0.717) is 22.2 Å². The lowest BCUT2D eigenvalue weighted by Crippen LogP contribution is -2.23. The summed E-state index contributed by atoms with van der Waals surface area (Å²) in [6.45, 7) is 4.49. The molecule has 0 bridgehead atoms. The Bertz CT molecular complexity index is 1100. The zero-order valence-corrected chi connectivity index (χ0v) is 17.1. The van der Waals surface area contributed by atoms with Crippen molar-refractivity contribution in [3.8, 4) is 0 Å². The van der Waals surface area contributed by atoms with E-state index >= 15 is 0 Å². The highest BCUT2D eigenvalue weighted by Gasteiger charge is 2.18. The van der Waals surface area contributed by atoms with Crippen molar-refractivity contribution < 1.29 is 4.79 Å². The molecule has 0 saturated carbocycles. The Morgan fingerprint density at radius 1 is 1.04 bits per heavy atom. The number of carbonyl (C=O) groups excluding carboxylic acids is 1. The fourth-order valence-corrected chi connectivity index (χ4v) is 4.35. The van der Waals surface area contributed by atoms with Crippen molar-refractivity contribution in [2.45, 2.75) is 16.3 Å². The van der Waals surface area contributed by atoms with Crippen molar-refractivity contribution in [2.75, 3.05) is 5.32 Å². The maximum atomic E-state index is 12.6. The minimum absolute atomic E-state index is 0.162. The summed E-state index contributed by atoms with van der Waals surface area (Å²) in [6.07, 6.45) is 0. The van der Waals surface area contributed by atoms with Gasteiger partial charge in [-0.15, -0.1) is 0 Å². The minimum atomic E-state index is -0.162. The van der Waals surface area contributed by atoms with E-state index < -0.39 is 0 Å². The maximum absolute atomic E-state index is 12.6. The first-order chi connectivity index (χ1) is 13.5. The number of rotatable bonds is 3. The van der Waals surface area contributed by atoms with Crippen molar-refractivity contribution in [1.82, 2.24) is 5.32 Å². The van der Waals surface area contributed by atoms with Gasteiger partial charge in [0.15, 0.2) is 0 Å². The van der Waals surface area contributed by atoms with Gasteiger partial charge < -0.3 is 10.6 Å². The number of benzene rings is 3. The highest BCUT2D eigenvalue weighted by atomic mass is 35.5. The van der Waals surface area contributed by atoms with Gasteiger partial charge in [-0.1, -0.05) is 59.7 Å². The van der Waals surface area contributed by atoms with Crippen LogP contribution in [0.1, 0.15) is 21.5 Å². The second kappa shape index (κ2) is 7.92. The summed E-state index contributed by atoms with van der Waals surface area (Å²) in [6, 6.07) is 18.8. The van der Waals surface area contributed by atoms with Gasteiger partial charge in [0, 0.05) is 43.2 Å². The van der Waals surface area contributed by atoms with E-state index in [1.165, 1.54) is 0 Å². The number of hydrogen-bond donors (Lipinski definition) is 2. The van der Waals surface area contributed by atoms with Crippen LogP contribution < -0.4 is 10.6 Å². The van der Waals surface area contributed by atoms with Crippen molar-refractivity contribution in [2.24, 2.45) is 0 Å². The van der Waals surface area contributed by atoms with E-state index in [1.54, 1.807) is 11.8 Å². The molecule has 6 heteroatoms. The van der Waals surface area contributed by atoms with Crippen molar-refractivity contribution in [3.05, 3.63) is 94.0 Å². The summed E-state index contributed by atoms with van der Waals surface area (Å²) in [5.41, 5.74) is 3.99. The molecule has 2 N–H and O–H groups in total. The number of fused-ring (bicyclic) bond motifs is 2.